The summed E-state index contributed by atoms with van der Waals surface area (Å²) in [5, 5.41) is 3.46. The molecule has 0 aliphatic rings. The Bertz CT molecular complexity index is 735. The van der Waals surface area contributed by atoms with Crippen molar-refractivity contribution in [2.45, 2.75) is 19.9 Å². The summed E-state index contributed by atoms with van der Waals surface area (Å²) in [6.07, 6.45) is 0. The molecule has 0 saturated carbocycles. The van der Waals surface area contributed by atoms with Gasteiger partial charge in [-0.25, -0.2) is 0 Å². The molecule has 0 radical (unpaired) electrons. The molecule has 0 spiro atoms. The van der Waals surface area contributed by atoms with Gasteiger partial charge in [0.1, 0.15) is 6.54 Å². The molecule has 0 aliphatic carbocycles. The SMILES string of the molecule is CC(=O)N(CC(=O)NC(C)c1ccccc1)c1cccc(Cl)c1Cl. The first-order chi connectivity index (χ1) is 11.4. The number of benzene rings is 2. The molecule has 0 fully saturated rings. The lowest BCUT2D eigenvalue weighted by Gasteiger charge is -2.23. The molecule has 0 bridgehead atoms. The van der Waals surface area contributed by atoms with Crippen LogP contribution in [0.3, 0.4) is 0 Å². The van der Waals surface area contributed by atoms with Crippen molar-refractivity contribution < 1.29 is 9.59 Å². The second kappa shape index (κ2) is 8.18. The zero-order valence-electron chi connectivity index (χ0n) is 13.4. The van der Waals surface area contributed by atoms with Gasteiger partial charge in [-0.1, -0.05) is 59.6 Å². The van der Waals surface area contributed by atoms with Crippen LogP contribution in [0, 0.1) is 0 Å². The fourth-order valence-electron chi connectivity index (χ4n) is 2.32. The lowest BCUT2D eigenvalue weighted by atomic mass is 10.1. The van der Waals surface area contributed by atoms with Crippen molar-refractivity contribution in [1.29, 1.82) is 0 Å². The minimum Gasteiger partial charge on any atom is -0.348 e. The summed E-state index contributed by atoms with van der Waals surface area (Å²) in [4.78, 5) is 25.6. The Labute approximate surface area is 151 Å². The molecular formula is C18H18Cl2N2O2. The van der Waals surface area contributed by atoms with Crippen LogP contribution >= 0.6 is 23.2 Å². The van der Waals surface area contributed by atoms with Gasteiger partial charge in [0.15, 0.2) is 0 Å². The number of hydrogen-bond donors (Lipinski definition) is 1. The van der Waals surface area contributed by atoms with E-state index in [2.05, 4.69) is 5.32 Å². The third kappa shape index (κ3) is 4.49. The van der Waals surface area contributed by atoms with Crippen LogP contribution < -0.4 is 10.2 Å². The molecule has 4 nitrogen and oxygen atoms in total. The average Bonchev–Trinajstić information content (AvgIpc) is 2.56. The van der Waals surface area contributed by atoms with Crippen LogP contribution in [0.5, 0.6) is 0 Å². The first-order valence-electron chi connectivity index (χ1n) is 7.46. The summed E-state index contributed by atoms with van der Waals surface area (Å²) in [5.74, 6) is -0.570. The van der Waals surface area contributed by atoms with Crippen LogP contribution in [-0.2, 0) is 9.59 Å². The van der Waals surface area contributed by atoms with Gasteiger partial charge in [-0.15, -0.1) is 0 Å². The van der Waals surface area contributed by atoms with Gasteiger partial charge in [0, 0.05) is 6.92 Å². The highest BCUT2D eigenvalue weighted by atomic mass is 35.5. The number of halogens is 2. The number of rotatable bonds is 5. The van der Waals surface area contributed by atoms with Crippen LogP contribution in [0.1, 0.15) is 25.5 Å². The van der Waals surface area contributed by atoms with Gasteiger partial charge in [-0.3, -0.25) is 9.59 Å². The van der Waals surface area contributed by atoms with E-state index in [-0.39, 0.29) is 29.4 Å². The predicted molar refractivity (Wildman–Crippen MR) is 97.5 cm³/mol. The van der Waals surface area contributed by atoms with Crippen molar-refractivity contribution in [2.24, 2.45) is 0 Å². The molecule has 126 valence electrons. The smallest absolute Gasteiger partial charge is 0.240 e. The van der Waals surface area contributed by atoms with Crippen molar-refractivity contribution in [1.82, 2.24) is 5.32 Å². The van der Waals surface area contributed by atoms with Crippen molar-refractivity contribution >= 4 is 40.7 Å². The Balaban J connectivity index is 2.12. The normalized spacial score (nSPS) is 11.7. The number of carbonyl (C=O) groups is 2. The van der Waals surface area contributed by atoms with Crippen molar-refractivity contribution in [3.05, 3.63) is 64.1 Å². The van der Waals surface area contributed by atoms with E-state index < -0.39 is 0 Å². The maximum Gasteiger partial charge on any atom is 0.240 e. The van der Waals surface area contributed by atoms with Crippen LogP contribution in [-0.4, -0.2) is 18.4 Å². The van der Waals surface area contributed by atoms with E-state index in [9.17, 15) is 9.59 Å². The van der Waals surface area contributed by atoms with Crippen LogP contribution in [0.2, 0.25) is 10.0 Å². The van der Waals surface area contributed by atoms with Crippen LogP contribution in [0.25, 0.3) is 0 Å². The lowest BCUT2D eigenvalue weighted by molar-refractivity contribution is -0.123. The van der Waals surface area contributed by atoms with E-state index in [1.807, 2.05) is 37.3 Å². The monoisotopic (exact) mass is 364 g/mol. The maximum atomic E-state index is 12.3. The summed E-state index contributed by atoms with van der Waals surface area (Å²) in [6, 6.07) is 14.4. The lowest BCUT2D eigenvalue weighted by Crippen LogP contribution is -2.40. The predicted octanol–water partition coefficient (Wildman–Crippen LogP) is 4.22. The molecule has 0 aromatic heterocycles. The third-order valence-corrected chi connectivity index (χ3v) is 4.39. The Hall–Kier alpha value is -2.04. The van der Waals surface area contributed by atoms with E-state index in [4.69, 9.17) is 23.2 Å². The molecule has 2 rings (SSSR count). The first-order valence-corrected chi connectivity index (χ1v) is 8.22. The van der Waals surface area contributed by atoms with E-state index in [1.54, 1.807) is 18.2 Å². The van der Waals surface area contributed by atoms with Gasteiger partial charge < -0.3 is 10.2 Å². The molecule has 0 aliphatic heterocycles. The molecule has 6 heteroatoms. The number of anilines is 1. The Morgan fingerprint density at radius 3 is 2.38 bits per heavy atom. The molecule has 24 heavy (non-hydrogen) atoms. The van der Waals surface area contributed by atoms with E-state index >= 15 is 0 Å². The number of hydrogen-bond acceptors (Lipinski definition) is 2. The molecule has 1 N–H and O–H groups in total. The highest BCUT2D eigenvalue weighted by molar-refractivity contribution is 6.44. The molecule has 1 unspecified atom stereocenters. The minimum atomic E-state index is -0.290. The summed E-state index contributed by atoms with van der Waals surface area (Å²) in [5.41, 5.74) is 1.40. The quantitative estimate of drug-likeness (QED) is 0.862. The van der Waals surface area contributed by atoms with Gasteiger partial charge in [0.05, 0.1) is 21.8 Å². The Morgan fingerprint density at radius 2 is 1.75 bits per heavy atom. The zero-order valence-corrected chi connectivity index (χ0v) is 14.9. The van der Waals surface area contributed by atoms with Crippen molar-refractivity contribution in [3.8, 4) is 0 Å². The summed E-state index contributed by atoms with van der Waals surface area (Å²) < 4.78 is 0. The molecule has 2 aromatic rings. The third-order valence-electron chi connectivity index (χ3n) is 3.58. The van der Waals surface area contributed by atoms with Crippen LogP contribution in [0.15, 0.2) is 48.5 Å². The van der Waals surface area contributed by atoms with E-state index in [0.29, 0.717) is 10.7 Å². The molecule has 1 atom stereocenters. The standard InChI is InChI=1S/C18H18Cl2N2O2/c1-12(14-7-4-3-5-8-14)21-17(24)11-22(13(2)23)16-10-6-9-15(19)18(16)20/h3-10,12H,11H2,1-2H3,(H,21,24). The summed E-state index contributed by atoms with van der Waals surface area (Å²) in [7, 11) is 0. The van der Waals surface area contributed by atoms with Crippen LogP contribution in [0.4, 0.5) is 5.69 Å². The second-order valence-corrected chi connectivity index (χ2v) is 6.16. The van der Waals surface area contributed by atoms with Gasteiger partial charge in [-0.05, 0) is 24.6 Å². The van der Waals surface area contributed by atoms with Gasteiger partial charge in [-0.2, -0.15) is 0 Å². The van der Waals surface area contributed by atoms with Gasteiger partial charge in [0.2, 0.25) is 11.8 Å². The molecule has 0 heterocycles. The summed E-state index contributed by atoms with van der Waals surface area (Å²) >= 11 is 12.2. The largest absolute Gasteiger partial charge is 0.348 e. The number of carbonyl (C=O) groups excluding carboxylic acids is 2. The zero-order chi connectivity index (χ0) is 17.7. The number of nitrogens with one attached hydrogen (secondary N) is 1. The molecule has 2 amide bonds. The fourth-order valence-corrected chi connectivity index (χ4v) is 2.72. The Kier molecular flexibility index (Phi) is 6.23. The van der Waals surface area contributed by atoms with E-state index in [0.717, 1.165) is 5.56 Å². The highest BCUT2D eigenvalue weighted by Crippen LogP contribution is 2.32. The minimum absolute atomic E-state index is 0.132. The maximum absolute atomic E-state index is 12.3. The van der Waals surface area contributed by atoms with Crippen molar-refractivity contribution in [3.63, 3.8) is 0 Å². The highest BCUT2D eigenvalue weighted by Gasteiger charge is 2.20. The van der Waals surface area contributed by atoms with Gasteiger partial charge >= 0.3 is 0 Å². The topological polar surface area (TPSA) is 49.4 Å². The molecular weight excluding hydrogens is 347 g/mol. The second-order valence-electron chi connectivity index (χ2n) is 5.38. The Morgan fingerprint density at radius 1 is 1.08 bits per heavy atom. The molecule has 0 saturated heterocycles. The molecule has 2 aromatic carbocycles. The number of amides is 2. The van der Waals surface area contributed by atoms with Crippen molar-refractivity contribution in [2.75, 3.05) is 11.4 Å². The fraction of sp³-hybridized carbons (Fsp3) is 0.222. The number of nitrogens with zero attached hydrogens (tertiary/aromatic N) is 1. The summed E-state index contributed by atoms with van der Waals surface area (Å²) in [6.45, 7) is 3.13. The van der Waals surface area contributed by atoms with Gasteiger partial charge in [0.25, 0.3) is 0 Å². The van der Waals surface area contributed by atoms with E-state index in [1.165, 1.54) is 11.8 Å². The first kappa shape index (κ1) is 18.3. The average molecular weight is 365 g/mol.